The van der Waals surface area contributed by atoms with Crippen LogP contribution in [0.1, 0.15) is 11.5 Å². The zero-order valence-corrected chi connectivity index (χ0v) is 9.91. The molecule has 0 bridgehead atoms. The first-order valence-electron chi connectivity index (χ1n) is 4.86. The Morgan fingerprint density at radius 1 is 1.44 bits per heavy atom. The first kappa shape index (κ1) is 11.1. The molecular weight excluding hydrogens is 224 g/mol. The Labute approximate surface area is 97.7 Å². The molecule has 0 aliphatic heterocycles. The minimum atomic E-state index is 0.522. The van der Waals surface area contributed by atoms with E-state index < -0.39 is 0 Å². The summed E-state index contributed by atoms with van der Waals surface area (Å²) in [5, 5.41) is 12.2. The summed E-state index contributed by atoms with van der Waals surface area (Å²) in [7, 11) is 1.90. The Hall–Kier alpha value is -1.40. The second-order valence-corrected chi connectivity index (χ2v) is 4.13. The van der Waals surface area contributed by atoms with Gasteiger partial charge in [-0.25, -0.2) is 4.98 Å². The summed E-state index contributed by atoms with van der Waals surface area (Å²) in [6.45, 7) is 2.54. The van der Waals surface area contributed by atoms with Crippen LogP contribution in [0.4, 0.5) is 0 Å². The Kier molecular flexibility index (Phi) is 3.53. The lowest BCUT2D eigenvalue weighted by molar-refractivity contribution is 0.429. The van der Waals surface area contributed by atoms with Crippen LogP contribution in [-0.2, 0) is 6.54 Å². The van der Waals surface area contributed by atoms with Crippen LogP contribution in [0.2, 0.25) is 0 Å². The maximum atomic E-state index is 5.30. The Morgan fingerprint density at radius 2 is 2.31 bits per heavy atom. The largest absolute Gasteiger partial charge is 0.416 e. The van der Waals surface area contributed by atoms with Gasteiger partial charge in [0.15, 0.2) is 0 Å². The molecule has 16 heavy (non-hydrogen) atoms. The predicted octanol–water partition coefficient (Wildman–Crippen LogP) is 1.64. The average Bonchev–Trinajstić information content (AvgIpc) is 2.67. The normalized spacial score (nSPS) is 10.6. The van der Waals surface area contributed by atoms with Gasteiger partial charge < -0.3 is 9.73 Å². The van der Waals surface area contributed by atoms with Crippen LogP contribution in [0.25, 0.3) is 0 Å². The van der Waals surface area contributed by atoms with E-state index >= 15 is 0 Å². The highest BCUT2D eigenvalue weighted by atomic mass is 32.2. The third-order valence-corrected chi connectivity index (χ3v) is 2.81. The lowest BCUT2D eigenvalue weighted by Gasteiger charge is -2.04. The number of aromatic nitrogens is 3. The number of hydrogen-bond acceptors (Lipinski definition) is 6. The molecule has 0 aromatic carbocycles. The third kappa shape index (κ3) is 2.59. The van der Waals surface area contributed by atoms with Crippen molar-refractivity contribution in [2.75, 3.05) is 7.05 Å². The minimum Gasteiger partial charge on any atom is -0.416 e. The van der Waals surface area contributed by atoms with Crippen molar-refractivity contribution in [3.8, 4) is 0 Å². The molecular formula is C10H12N4OS. The molecule has 0 radical (unpaired) electrons. The van der Waals surface area contributed by atoms with Crippen molar-refractivity contribution >= 4 is 11.8 Å². The number of pyridine rings is 1. The highest BCUT2D eigenvalue weighted by molar-refractivity contribution is 7.99. The van der Waals surface area contributed by atoms with Gasteiger partial charge in [0.05, 0.1) is 0 Å². The highest BCUT2D eigenvalue weighted by Gasteiger charge is 2.09. The second kappa shape index (κ2) is 5.09. The van der Waals surface area contributed by atoms with Crippen molar-refractivity contribution in [1.82, 2.24) is 20.5 Å². The second-order valence-electron chi connectivity index (χ2n) is 3.19. The molecule has 0 amide bonds. The maximum absolute atomic E-state index is 5.30. The van der Waals surface area contributed by atoms with Crippen molar-refractivity contribution in [3.05, 3.63) is 29.8 Å². The van der Waals surface area contributed by atoms with Crippen molar-refractivity contribution < 1.29 is 4.42 Å². The minimum absolute atomic E-state index is 0.522. The number of nitrogens with zero attached hydrogens (tertiary/aromatic N) is 3. The van der Waals surface area contributed by atoms with Gasteiger partial charge in [-0.3, -0.25) is 0 Å². The molecule has 5 nitrogen and oxygen atoms in total. The van der Waals surface area contributed by atoms with Crippen LogP contribution < -0.4 is 5.32 Å². The highest BCUT2D eigenvalue weighted by Crippen LogP contribution is 2.27. The first-order chi connectivity index (χ1) is 7.79. The van der Waals surface area contributed by atoms with Gasteiger partial charge in [-0.1, -0.05) is 6.07 Å². The molecule has 0 aliphatic carbocycles. The summed E-state index contributed by atoms with van der Waals surface area (Å²) in [4.78, 5) is 4.30. The summed E-state index contributed by atoms with van der Waals surface area (Å²) >= 11 is 1.38. The monoisotopic (exact) mass is 236 g/mol. The van der Waals surface area contributed by atoms with Gasteiger partial charge >= 0.3 is 0 Å². The Morgan fingerprint density at radius 3 is 3.00 bits per heavy atom. The van der Waals surface area contributed by atoms with E-state index in [-0.39, 0.29) is 0 Å². The summed E-state index contributed by atoms with van der Waals surface area (Å²) in [5.41, 5.74) is 1.12. The number of rotatable bonds is 4. The molecule has 2 aromatic rings. The van der Waals surface area contributed by atoms with E-state index in [1.54, 1.807) is 13.1 Å². The van der Waals surface area contributed by atoms with Crippen molar-refractivity contribution in [1.29, 1.82) is 0 Å². The van der Waals surface area contributed by atoms with E-state index in [4.69, 9.17) is 4.42 Å². The van der Waals surface area contributed by atoms with Crippen LogP contribution in [0.3, 0.4) is 0 Å². The fourth-order valence-corrected chi connectivity index (χ4v) is 2.04. The number of nitrogens with one attached hydrogen (secondary N) is 1. The van der Waals surface area contributed by atoms with Crippen LogP contribution in [0.5, 0.6) is 0 Å². The molecule has 0 spiro atoms. The van der Waals surface area contributed by atoms with Gasteiger partial charge in [0.1, 0.15) is 5.03 Å². The Bertz CT molecular complexity index is 471. The lowest BCUT2D eigenvalue weighted by atomic mass is 10.3. The zero-order valence-electron chi connectivity index (χ0n) is 9.10. The van der Waals surface area contributed by atoms with E-state index in [2.05, 4.69) is 20.5 Å². The van der Waals surface area contributed by atoms with E-state index in [0.29, 0.717) is 11.1 Å². The molecule has 2 rings (SSSR count). The molecule has 1 N–H and O–H groups in total. The maximum Gasteiger partial charge on any atom is 0.282 e. The first-order valence-corrected chi connectivity index (χ1v) is 5.67. The number of aryl methyl sites for hydroxylation is 1. The van der Waals surface area contributed by atoms with E-state index in [9.17, 15) is 0 Å². The van der Waals surface area contributed by atoms with Gasteiger partial charge in [0, 0.05) is 19.7 Å². The summed E-state index contributed by atoms with van der Waals surface area (Å²) < 4.78 is 5.30. The molecule has 0 saturated carbocycles. The summed E-state index contributed by atoms with van der Waals surface area (Å²) in [6, 6.07) is 3.94. The molecule has 6 heteroatoms. The Balaban J connectivity index is 2.20. The third-order valence-electron chi connectivity index (χ3n) is 1.91. The standard InChI is InChI=1S/C10H12N4OS/c1-7-13-14-10(15-7)16-9-8(6-11-2)4-3-5-12-9/h3-5,11H,6H2,1-2H3. The molecule has 0 fully saturated rings. The molecule has 0 aliphatic rings. The smallest absolute Gasteiger partial charge is 0.282 e. The molecule has 0 saturated heterocycles. The van der Waals surface area contributed by atoms with E-state index in [0.717, 1.165) is 17.1 Å². The van der Waals surface area contributed by atoms with Crippen molar-refractivity contribution in [3.63, 3.8) is 0 Å². The van der Waals surface area contributed by atoms with Crippen LogP contribution >= 0.6 is 11.8 Å². The van der Waals surface area contributed by atoms with Gasteiger partial charge in [-0.2, -0.15) is 0 Å². The molecule has 0 atom stereocenters. The SMILES string of the molecule is CNCc1cccnc1Sc1nnc(C)o1. The van der Waals surface area contributed by atoms with E-state index in [1.165, 1.54) is 11.8 Å². The van der Waals surface area contributed by atoms with Gasteiger partial charge in [-0.05, 0) is 30.4 Å². The molecule has 2 heterocycles. The molecule has 84 valence electrons. The molecule has 0 unspecified atom stereocenters. The van der Waals surface area contributed by atoms with Crippen LogP contribution in [-0.4, -0.2) is 22.2 Å². The van der Waals surface area contributed by atoms with Crippen molar-refractivity contribution in [2.45, 2.75) is 23.7 Å². The van der Waals surface area contributed by atoms with E-state index in [1.807, 2.05) is 19.2 Å². The van der Waals surface area contributed by atoms with Gasteiger partial charge in [0.2, 0.25) is 5.89 Å². The zero-order chi connectivity index (χ0) is 11.4. The van der Waals surface area contributed by atoms with Crippen LogP contribution in [0, 0.1) is 6.92 Å². The summed E-state index contributed by atoms with van der Waals surface area (Å²) in [5.74, 6) is 0.564. The molecule has 2 aromatic heterocycles. The fraction of sp³-hybridized carbons (Fsp3) is 0.300. The lowest BCUT2D eigenvalue weighted by Crippen LogP contribution is -2.06. The predicted molar refractivity (Wildman–Crippen MR) is 60.2 cm³/mol. The summed E-state index contributed by atoms with van der Waals surface area (Å²) in [6.07, 6.45) is 1.75. The van der Waals surface area contributed by atoms with Crippen LogP contribution in [0.15, 0.2) is 33.0 Å². The van der Waals surface area contributed by atoms with Gasteiger partial charge in [0.25, 0.3) is 5.22 Å². The fourth-order valence-electron chi connectivity index (χ4n) is 1.24. The average molecular weight is 236 g/mol. The quantitative estimate of drug-likeness (QED) is 0.870. The van der Waals surface area contributed by atoms with Gasteiger partial charge in [-0.15, -0.1) is 10.2 Å². The topological polar surface area (TPSA) is 63.8 Å². The number of hydrogen-bond donors (Lipinski definition) is 1. The van der Waals surface area contributed by atoms with Crippen molar-refractivity contribution in [2.24, 2.45) is 0 Å².